The Morgan fingerprint density at radius 1 is 1.03 bits per heavy atom. The number of esters is 1. The van der Waals surface area contributed by atoms with E-state index in [4.69, 9.17) is 4.74 Å². The van der Waals surface area contributed by atoms with Gasteiger partial charge in [-0.15, -0.1) is 0 Å². The summed E-state index contributed by atoms with van der Waals surface area (Å²) in [7, 11) is 0. The maximum Gasteiger partial charge on any atom is 0.356 e. The van der Waals surface area contributed by atoms with Crippen LogP contribution in [0.1, 0.15) is 10.5 Å². The number of nitrogens with zero attached hydrogens (tertiary/aromatic N) is 2. The average Bonchev–Trinajstić information content (AvgIpc) is 3.09. The fourth-order valence-electron chi connectivity index (χ4n) is 3.44. The van der Waals surface area contributed by atoms with Crippen LogP contribution >= 0.6 is 15.9 Å². The normalized spacial score (nSPS) is 14.3. The van der Waals surface area contributed by atoms with Gasteiger partial charge in [0.05, 0.1) is 10.2 Å². The smallest absolute Gasteiger partial charge is 0.356 e. The van der Waals surface area contributed by atoms with Crippen molar-refractivity contribution in [2.75, 3.05) is 37.7 Å². The Morgan fingerprint density at radius 2 is 1.72 bits per heavy atom. The molecule has 1 aromatic heterocycles. The summed E-state index contributed by atoms with van der Waals surface area (Å²) in [6.07, 6.45) is 0. The fraction of sp³-hybridized carbons (Fsp3) is 0.238. The Kier molecular flexibility index (Phi) is 5.53. The summed E-state index contributed by atoms with van der Waals surface area (Å²) >= 11 is 3.41. The van der Waals surface area contributed by atoms with Gasteiger partial charge in [-0.1, -0.05) is 30.3 Å². The Labute approximate surface area is 175 Å². The predicted molar refractivity (Wildman–Crippen MR) is 111 cm³/mol. The van der Waals surface area contributed by atoms with E-state index in [0.717, 1.165) is 10.9 Å². The van der Waals surface area contributed by atoms with Crippen LogP contribution in [0.3, 0.4) is 0 Å². The van der Waals surface area contributed by atoms with Crippen molar-refractivity contribution >= 4 is 44.4 Å². The van der Waals surface area contributed by atoms with Crippen LogP contribution in [-0.4, -0.2) is 54.5 Å². The molecule has 1 aliphatic heterocycles. The number of hydrogen-bond donors (Lipinski definition) is 1. The molecule has 0 spiro atoms. The molecule has 0 aliphatic carbocycles. The van der Waals surface area contributed by atoms with Crippen LogP contribution in [0.5, 0.6) is 0 Å². The Hall–Kier alpha value is -2.87. The number of nitrogens with one attached hydrogen (secondary N) is 1. The Balaban J connectivity index is 1.32. The standard InChI is InChI=1S/C21H19BrFN3O3/c22-19-14-5-1-3-7-16(14)24-20(19)21(28)29-13-18(27)26-11-9-25(10-12-26)17-8-4-2-6-15(17)23/h1-8,24H,9-13H2. The molecule has 8 heteroatoms. The molecule has 0 radical (unpaired) electrons. The second kappa shape index (κ2) is 8.24. The van der Waals surface area contributed by atoms with Crippen LogP contribution in [0.2, 0.25) is 0 Å². The minimum absolute atomic E-state index is 0.265. The van der Waals surface area contributed by atoms with Gasteiger partial charge in [0, 0.05) is 37.1 Å². The minimum atomic E-state index is -0.591. The molecule has 0 unspecified atom stereocenters. The molecule has 2 aromatic carbocycles. The predicted octanol–water partition coefficient (Wildman–Crippen LogP) is 3.58. The largest absolute Gasteiger partial charge is 0.451 e. The van der Waals surface area contributed by atoms with Crippen LogP contribution in [0.4, 0.5) is 10.1 Å². The van der Waals surface area contributed by atoms with Crippen molar-refractivity contribution in [2.45, 2.75) is 0 Å². The number of fused-ring (bicyclic) bond motifs is 1. The lowest BCUT2D eigenvalue weighted by Crippen LogP contribution is -2.50. The first-order chi connectivity index (χ1) is 14.0. The summed E-state index contributed by atoms with van der Waals surface area (Å²) in [5.41, 5.74) is 1.62. The van der Waals surface area contributed by atoms with E-state index in [1.54, 1.807) is 23.1 Å². The van der Waals surface area contributed by atoms with E-state index >= 15 is 0 Å². The summed E-state index contributed by atoms with van der Waals surface area (Å²) in [4.78, 5) is 31.4. The van der Waals surface area contributed by atoms with Crippen molar-refractivity contribution in [1.82, 2.24) is 9.88 Å². The number of carbonyl (C=O) groups excluding carboxylic acids is 2. The van der Waals surface area contributed by atoms with Gasteiger partial charge in [0.25, 0.3) is 5.91 Å². The van der Waals surface area contributed by atoms with Crippen LogP contribution < -0.4 is 4.90 Å². The van der Waals surface area contributed by atoms with Gasteiger partial charge in [-0.05, 0) is 34.1 Å². The second-order valence-electron chi connectivity index (χ2n) is 6.75. The SMILES string of the molecule is O=C(OCC(=O)N1CCN(c2ccccc2F)CC1)c1[nH]c2ccccc2c1Br. The first-order valence-corrected chi connectivity index (χ1v) is 10.0. The van der Waals surface area contributed by atoms with Gasteiger partial charge in [-0.2, -0.15) is 0 Å². The number of halogens is 2. The van der Waals surface area contributed by atoms with Gasteiger partial charge >= 0.3 is 5.97 Å². The summed E-state index contributed by atoms with van der Waals surface area (Å²) in [5.74, 6) is -1.13. The number of aromatic nitrogens is 1. The summed E-state index contributed by atoms with van der Waals surface area (Å²) in [6.45, 7) is 1.60. The van der Waals surface area contributed by atoms with Crippen molar-refractivity contribution in [1.29, 1.82) is 0 Å². The lowest BCUT2D eigenvalue weighted by atomic mass is 10.2. The van der Waals surface area contributed by atoms with Crippen molar-refractivity contribution in [3.8, 4) is 0 Å². The van der Waals surface area contributed by atoms with E-state index in [2.05, 4.69) is 20.9 Å². The number of aromatic amines is 1. The molecule has 150 valence electrons. The molecule has 6 nitrogen and oxygen atoms in total. The number of amides is 1. The van der Waals surface area contributed by atoms with Gasteiger partial charge in [0.1, 0.15) is 11.5 Å². The summed E-state index contributed by atoms with van der Waals surface area (Å²) in [6, 6.07) is 14.1. The lowest BCUT2D eigenvalue weighted by molar-refractivity contribution is -0.134. The zero-order chi connectivity index (χ0) is 20.4. The minimum Gasteiger partial charge on any atom is -0.451 e. The van der Waals surface area contributed by atoms with Crippen LogP contribution in [0.15, 0.2) is 53.0 Å². The third-order valence-corrected chi connectivity index (χ3v) is 5.82. The second-order valence-corrected chi connectivity index (χ2v) is 7.55. The number of hydrogen-bond acceptors (Lipinski definition) is 4. The number of carbonyl (C=O) groups is 2. The number of ether oxygens (including phenoxy) is 1. The molecule has 1 N–H and O–H groups in total. The molecule has 1 aliphatic rings. The third-order valence-electron chi connectivity index (χ3n) is 5.00. The van der Waals surface area contributed by atoms with Gasteiger partial charge in [0.2, 0.25) is 0 Å². The average molecular weight is 460 g/mol. The van der Waals surface area contributed by atoms with Crippen molar-refractivity contribution in [2.24, 2.45) is 0 Å². The number of piperazine rings is 1. The van der Waals surface area contributed by atoms with E-state index < -0.39 is 5.97 Å². The maximum absolute atomic E-state index is 13.9. The molecule has 1 amide bonds. The molecule has 0 atom stereocenters. The van der Waals surface area contributed by atoms with E-state index in [0.29, 0.717) is 36.3 Å². The van der Waals surface area contributed by atoms with Gasteiger partial charge in [-0.25, -0.2) is 9.18 Å². The van der Waals surface area contributed by atoms with E-state index in [9.17, 15) is 14.0 Å². The topological polar surface area (TPSA) is 65.6 Å². The number of anilines is 1. The van der Waals surface area contributed by atoms with E-state index in [1.807, 2.05) is 29.2 Å². The number of para-hydroxylation sites is 2. The molecular weight excluding hydrogens is 441 g/mol. The highest BCUT2D eigenvalue weighted by Gasteiger charge is 2.24. The van der Waals surface area contributed by atoms with Crippen molar-refractivity contribution in [3.63, 3.8) is 0 Å². The van der Waals surface area contributed by atoms with Crippen LogP contribution in [-0.2, 0) is 9.53 Å². The highest BCUT2D eigenvalue weighted by Crippen LogP contribution is 2.28. The summed E-state index contributed by atoms with van der Waals surface area (Å²) in [5, 5.41) is 0.870. The monoisotopic (exact) mass is 459 g/mol. The molecule has 3 aromatic rings. The molecule has 4 rings (SSSR count). The molecule has 29 heavy (non-hydrogen) atoms. The molecule has 1 saturated heterocycles. The number of H-pyrrole nitrogens is 1. The quantitative estimate of drug-likeness (QED) is 0.605. The summed E-state index contributed by atoms with van der Waals surface area (Å²) < 4.78 is 19.8. The van der Waals surface area contributed by atoms with Gasteiger partial charge in [0.15, 0.2) is 6.61 Å². The number of benzene rings is 2. The fourth-order valence-corrected chi connectivity index (χ4v) is 4.05. The van der Waals surface area contributed by atoms with Crippen molar-refractivity contribution in [3.05, 3.63) is 64.5 Å². The molecule has 2 heterocycles. The van der Waals surface area contributed by atoms with E-state index in [1.165, 1.54) is 6.07 Å². The van der Waals surface area contributed by atoms with Crippen molar-refractivity contribution < 1.29 is 18.7 Å². The highest BCUT2D eigenvalue weighted by atomic mass is 79.9. The molecule has 1 fully saturated rings. The first-order valence-electron chi connectivity index (χ1n) is 9.25. The third kappa shape index (κ3) is 3.98. The highest BCUT2D eigenvalue weighted by molar-refractivity contribution is 9.10. The Bertz CT molecular complexity index is 1060. The molecule has 0 bridgehead atoms. The molecular formula is C21H19BrFN3O3. The Morgan fingerprint density at radius 3 is 2.45 bits per heavy atom. The maximum atomic E-state index is 13.9. The number of rotatable bonds is 4. The van der Waals surface area contributed by atoms with E-state index in [-0.39, 0.29) is 24.0 Å². The van der Waals surface area contributed by atoms with Gasteiger partial charge < -0.3 is 19.5 Å². The lowest BCUT2D eigenvalue weighted by Gasteiger charge is -2.36. The first kappa shape index (κ1) is 19.4. The zero-order valence-electron chi connectivity index (χ0n) is 15.5. The molecule has 0 saturated carbocycles. The van der Waals surface area contributed by atoms with Crippen LogP contribution in [0.25, 0.3) is 10.9 Å². The van der Waals surface area contributed by atoms with Crippen LogP contribution in [0, 0.1) is 5.82 Å². The zero-order valence-corrected chi connectivity index (χ0v) is 17.1. The van der Waals surface area contributed by atoms with Gasteiger partial charge in [-0.3, -0.25) is 4.79 Å².